The van der Waals surface area contributed by atoms with E-state index in [2.05, 4.69) is 25.7 Å². The van der Waals surface area contributed by atoms with E-state index < -0.39 is 29.1 Å². The summed E-state index contributed by atoms with van der Waals surface area (Å²) in [6.07, 6.45) is 4.25. The van der Waals surface area contributed by atoms with Crippen LogP contribution in [0.1, 0.15) is 90.2 Å². The minimum absolute atomic E-state index is 0. The number of carbonyl (C=O) groups is 3. The first kappa shape index (κ1) is 33.2. The molecule has 212 valence electrons. The van der Waals surface area contributed by atoms with Crippen molar-refractivity contribution in [2.75, 3.05) is 26.4 Å². The average Bonchev–Trinajstić information content (AvgIpc) is 3.23. The van der Waals surface area contributed by atoms with Crippen LogP contribution in [0.2, 0.25) is 0 Å². The first-order valence-corrected chi connectivity index (χ1v) is 13.8. The zero-order valence-corrected chi connectivity index (χ0v) is 24.9. The summed E-state index contributed by atoms with van der Waals surface area (Å²) in [7, 11) is 4.02. The number of ketones is 1. The Bertz CT molecular complexity index is 881. The van der Waals surface area contributed by atoms with Gasteiger partial charge in [0, 0.05) is 5.75 Å². The second-order valence-electron chi connectivity index (χ2n) is 11.2. The molecule has 12 heteroatoms. The van der Waals surface area contributed by atoms with Gasteiger partial charge in [-0.05, 0) is 73.0 Å². The van der Waals surface area contributed by atoms with Crippen LogP contribution < -0.4 is 10.6 Å². The average molecular weight is 562 g/mol. The molecule has 2 N–H and O–H groups in total. The van der Waals surface area contributed by atoms with E-state index >= 15 is 0 Å². The maximum Gasteiger partial charge on any atom is 0.408 e. The van der Waals surface area contributed by atoms with Gasteiger partial charge >= 0.3 is 6.09 Å². The summed E-state index contributed by atoms with van der Waals surface area (Å²) >= 11 is 1.41. The predicted molar refractivity (Wildman–Crippen MR) is 146 cm³/mol. The quantitative estimate of drug-likeness (QED) is 0.216. The van der Waals surface area contributed by atoms with Crippen molar-refractivity contribution >= 4 is 42.0 Å². The molecule has 2 amide bonds. The van der Waals surface area contributed by atoms with E-state index in [0.29, 0.717) is 24.5 Å². The fourth-order valence-electron chi connectivity index (χ4n) is 4.12. The van der Waals surface area contributed by atoms with Gasteiger partial charge in [0.2, 0.25) is 11.7 Å². The highest BCUT2D eigenvalue weighted by Gasteiger charge is 2.43. The second kappa shape index (κ2) is 14.9. The van der Waals surface area contributed by atoms with E-state index in [1.807, 2.05) is 27.9 Å². The number of amides is 2. The van der Waals surface area contributed by atoms with Crippen molar-refractivity contribution in [3.05, 3.63) is 5.89 Å². The van der Waals surface area contributed by atoms with Gasteiger partial charge in [-0.3, -0.25) is 9.59 Å². The molecular weight excluding hydrogens is 518 g/mol. The standard InChI is InChI=1S/C25H43N5O5S.ClH/c1-17(2)16-18(19(31)20-28-29-23(34-20)36-15-11-14-30(6)7)26-21(32)25(12-9-8-10-13-25)27-22(33)35-24(3,4)5;/h17-18H,8-16H2,1-7H3,(H,26,32)(H,27,33);1H. The fourth-order valence-corrected chi connectivity index (χ4v) is 4.80. The van der Waals surface area contributed by atoms with Crippen molar-refractivity contribution in [2.45, 2.75) is 102 Å². The van der Waals surface area contributed by atoms with Gasteiger partial charge in [0.25, 0.3) is 11.1 Å². The zero-order chi connectivity index (χ0) is 26.9. The number of nitrogens with zero attached hydrogens (tertiary/aromatic N) is 3. The number of hydrogen-bond acceptors (Lipinski definition) is 9. The molecule has 0 bridgehead atoms. The molecule has 1 aliphatic carbocycles. The summed E-state index contributed by atoms with van der Waals surface area (Å²) in [6.45, 7) is 10.2. The van der Waals surface area contributed by atoms with E-state index in [4.69, 9.17) is 9.15 Å². The summed E-state index contributed by atoms with van der Waals surface area (Å²) in [5.74, 6) is -0.00579. The lowest BCUT2D eigenvalue weighted by Crippen LogP contribution is -2.62. The maximum atomic E-state index is 13.6. The minimum atomic E-state index is -1.13. The van der Waals surface area contributed by atoms with Crippen molar-refractivity contribution in [3.8, 4) is 0 Å². The molecule has 0 aromatic carbocycles. The highest BCUT2D eigenvalue weighted by atomic mass is 35.5. The Kier molecular flexibility index (Phi) is 13.4. The molecule has 0 spiro atoms. The van der Waals surface area contributed by atoms with E-state index in [9.17, 15) is 14.4 Å². The van der Waals surface area contributed by atoms with E-state index in [0.717, 1.165) is 38.0 Å². The van der Waals surface area contributed by atoms with Crippen LogP contribution in [-0.4, -0.2) is 76.5 Å². The Morgan fingerprint density at radius 2 is 1.78 bits per heavy atom. The SMILES string of the molecule is CC(C)CC(NC(=O)C1(NC(=O)OC(C)(C)C)CCCCC1)C(=O)c1nnc(SCCCN(C)C)o1.Cl. The highest BCUT2D eigenvalue weighted by Crippen LogP contribution is 2.30. The maximum absolute atomic E-state index is 13.6. The molecule has 10 nitrogen and oxygen atoms in total. The number of hydrogen-bond donors (Lipinski definition) is 2. The number of alkyl carbamates (subject to hydrolysis) is 1. The third-order valence-corrected chi connectivity index (χ3v) is 6.71. The molecule has 1 unspecified atom stereocenters. The van der Waals surface area contributed by atoms with Crippen LogP contribution in [0.3, 0.4) is 0 Å². The Morgan fingerprint density at radius 1 is 1.14 bits per heavy atom. The predicted octanol–water partition coefficient (Wildman–Crippen LogP) is 4.48. The van der Waals surface area contributed by atoms with Crippen molar-refractivity contribution < 1.29 is 23.5 Å². The lowest BCUT2D eigenvalue weighted by molar-refractivity contribution is -0.129. The number of nitrogens with one attached hydrogen (secondary N) is 2. The number of ether oxygens (including phenoxy) is 1. The van der Waals surface area contributed by atoms with Gasteiger partial charge in [-0.2, -0.15) is 0 Å². The van der Waals surface area contributed by atoms with Gasteiger partial charge in [0.1, 0.15) is 11.1 Å². The van der Waals surface area contributed by atoms with E-state index in [1.165, 1.54) is 11.8 Å². The smallest absolute Gasteiger partial charge is 0.408 e. The van der Waals surface area contributed by atoms with Crippen molar-refractivity contribution in [1.29, 1.82) is 0 Å². The van der Waals surface area contributed by atoms with Crippen LogP contribution in [0.25, 0.3) is 0 Å². The summed E-state index contributed by atoms with van der Waals surface area (Å²) in [5, 5.41) is 14.0. The number of rotatable bonds is 12. The van der Waals surface area contributed by atoms with Crippen LogP contribution in [0.4, 0.5) is 4.79 Å². The molecule has 1 fully saturated rings. The molecule has 2 rings (SSSR count). The first-order chi connectivity index (χ1) is 16.8. The third-order valence-electron chi connectivity index (χ3n) is 5.80. The van der Waals surface area contributed by atoms with Gasteiger partial charge < -0.3 is 24.7 Å². The summed E-state index contributed by atoms with van der Waals surface area (Å²) in [5.41, 5.74) is -1.81. The van der Waals surface area contributed by atoms with Crippen LogP contribution in [0.15, 0.2) is 9.64 Å². The van der Waals surface area contributed by atoms with Crippen LogP contribution >= 0.6 is 24.2 Å². The zero-order valence-electron chi connectivity index (χ0n) is 23.2. The van der Waals surface area contributed by atoms with Gasteiger partial charge in [-0.15, -0.1) is 22.6 Å². The number of carbonyl (C=O) groups excluding carboxylic acids is 3. The molecule has 0 saturated heterocycles. The van der Waals surface area contributed by atoms with E-state index in [-0.39, 0.29) is 30.1 Å². The normalized spacial score (nSPS) is 16.1. The lowest BCUT2D eigenvalue weighted by atomic mass is 9.80. The molecule has 1 aliphatic rings. The minimum Gasteiger partial charge on any atom is -0.444 e. The van der Waals surface area contributed by atoms with Crippen LogP contribution in [-0.2, 0) is 9.53 Å². The van der Waals surface area contributed by atoms with Crippen molar-refractivity contribution in [1.82, 2.24) is 25.7 Å². The number of Topliss-reactive ketones (excluding diaryl/α,β-unsaturated/α-hetero) is 1. The number of halogens is 1. The monoisotopic (exact) mass is 561 g/mol. The molecule has 1 aromatic rings. The highest BCUT2D eigenvalue weighted by molar-refractivity contribution is 7.99. The molecule has 1 heterocycles. The first-order valence-electron chi connectivity index (χ1n) is 12.8. The number of thioether (sulfide) groups is 1. The van der Waals surface area contributed by atoms with Crippen molar-refractivity contribution in [2.24, 2.45) is 5.92 Å². The fraction of sp³-hybridized carbons (Fsp3) is 0.800. The van der Waals surface area contributed by atoms with Crippen LogP contribution in [0, 0.1) is 5.92 Å². The molecule has 37 heavy (non-hydrogen) atoms. The lowest BCUT2D eigenvalue weighted by Gasteiger charge is -2.38. The van der Waals surface area contributed by atoms with Gasteiger partial charge in [0.15, 0.2) is 0 Å². The summed E-state index contributed by atoms with van der Waals surface area (Å²) < 4.78 is 11.0. The Morgan fingerprint density at radius 3 is 2.35 bits per heavy atom. The Hall–Kier alpha value is -1.85. The van der Waals surface area contributed by atoms with Gasteiger partial charge in [0.05, 0.1) is 6.04 Å². The molecule has 1 atom stereocenters. The van der Waals surface area contributed by atoms with Gasteiger partial charge in [-0.25, -0.2) is 4.79 Å². The molecule has 1 aromatic heterocycles. The third kappa shape index (κ3) is 11.2. The molecule has 0 radical (unpaired) electrons. The van der Waals surface area contributed by atoms with Crippen molar-refractivity contribution in [3.63, 3.8) is 0 Å². The number of aromatic nitrogens is 2. The molecular formula is C25H44ClN5O5S. The van der Waals surface area contributed by atoms with E-state index in [1.54, 1.807) is 20.8 Å². The Labute approximate surface area is 231 Å². The topological polar surface area (TPSA) is 127 Å². The summed E-state index contributed by atoms with van der Waals surface area (Å²) in [4.78, 5) is 41.6. The van der Waals surface area contributed by atoms with Crippen LogP contribution in [0.5, 0.6) is 0 Å². The largest absolute Gasteiger partial charge is 0.444 e. The second-order valence-corrected chi connectivity index (χ2v) is 12.2. The molecule has 1 saturated carbocycles. The summed E-state index contributed by atoms with van der Waals surface area (Å²) in [6, 6.07) is -0.844. The molecule has 0 aliphatic heterocycles. The van der Waals surface area contributed by atoms with Gasteiger partial charge in [-0.1, -0.05) is 44.9 Å². The Balaban J connectivity index is 0.00000684.